The molecule has 2 aromatic rings. The first-order valence-electron chi connectivity index (χ1n) is 5.26. The number of aromatic nitrogens is 3. The topological polar surface area (TPSA) is 30.2 Å². The zero-order valence-electron chi connectivity index (χ0n) is 8.11. The molecule has 0 unspecified atom stereocenters. The minimum atomic E-state index is 0.977. The second-order valence-electron chi connectivity index (χ2n) is 3.89. The minimum absolute atomic E-state index is 0.977. The van der Waals surface area contributed by atoms with Crippen LogP contribution in [0.1, 0.15) is 30.5 Å². The van der Waals surface area contributed by atoms with E-state index >= 15 is 0 Å². The van der Waals surface area contributed by atoms with Gasteiger partial charge in [0.2, 0.25) is 0 Å². The van der Waals surface area contributed by atoms with E-state index in [2.05, 4.69) is 10.1 Å². The van der Waals surface area contributed by atoms with Crippen molar-refractivity contribution in [1.29, 1.82) is 0 Å². The molecule has 0 fully saturated rings. The van der Waals surface area contributed by atoms with Gasteiger partial charge in [0.25, 0.3) is 0 Å². The molecule has 3 nitrogen and oxygen atoms in total. The smallest absolute Gasteiger partial charge is 0.155 e. The first kappa shape index (κ1) is 7.97. The molecule has 14 heavy (non-hydrogen) atoms. The summed E-state index contributed by atoms with van der Waals surface area (Å²) in [6, 6.07) is 1.96. The number of nitrogens with zero attached hydrogens (tertiary/aromatic N) is 3. The van der Waals surface area contributed by atoms with Gasteiger partial charge in [0.1, 0.15) is 0 Å². The van der Waals surface area contributed by atoms with E-state index in [9.17, 15) is 0 Å². The average Bonchev–Trinajstić information content (AvgIpc) is 2.55. The summed E-state index contributed by atoms with van der Waals surface area (Å²) in [5.41, 5.74) is 3.74. The molecule has 2 aromatic heterocycles. The van der Waals surface area contributed by atoms with E-state index in [4.69, 9.17) is 0 Å². The Bertz CT molecular complexity index is 459. The number of hydrogen-bond donors (Lipinski definition) is 0. The monoisotopic (exact) mass is 187 g/mol. The van der Waals surface area contributed by atoms with Gasteiger partial charge in [0.05, 0.1) is 6.20 Å². The highest BCUT2D eigenvalue weighted by atomic mass is 15.2. The molecule has 0 bridgehead atoms. The Hall–Kier alpha value is -1.38. The SMILES string of the molecule is c1cc2ncc3c(n2n1)CCCCC3. The predicted octanol–water partition coefficient (Wildman–Crippen LogP) is 2.00. The Labute approximate surface area is 82.8 Å². The van der Waals surface area contributed by atoms with Crippen LogP contribution in [0.5, 0.6) is 0 Å². The molecule has 0 aromatic carbocycles. The molecule has 72 valence electrons. The summed E-state index contributed by atoms with van der Waals surface area (Å²) >= 11 is 0. The molecule has 2 heterocycles. The average molecular weight is 187 g/mol. The molecule has 1 aliphatic rings. The Morgan fingerprint density at radius 2 is 2.07 bits per heavy atom. The van der Waals surface area contributed by atoms with Crippen LogP contribution in [-0.2, 0) is 12.8 Å². The van der Waals surface area contributed by atoms with Gasteiger partial charge in [-0.25, -0.2) is 9.50 Å². The van der Waals surface area contributed by atoms with E-state index in [0.29, 0.717) is 0 Å². The Kier molecular flexibility index (Phi) is 1.76. The summed E-state index contributed by atoms with van der Waals surface area (Å²) in [5.74, 6) is 0. The molecule has 0 spiro atoms. The molecular formula is C11H13N3. The van der Waals surface area contributed by atoms with Crippen LogP contribution in [0, 0.1) is 0 Å². The third-order valence-electron chi connectivity index (χ3n) is 2.96. The van der Waals surface area contributed by atoms with Crippen LogP contribution in [0.15, 0.2) is 18.5 Å². The normalized spacial score (nSPS) is 16.6. The van der Waals surface area contributed by atoms with Crippen molar-refractivity contribution in [2.24, 2.45) is 0 Å². The Balaban J connectivity index is 2.26. The van der Waals surface area contributed by atoms with Gasteiger partial charge in [-0.3, -0.25) is 0 Å². The predicted molar refractivity (Wildman–Crippen MR) is 54.2 cm³/mol. The third kappa shape index (κ3) is 1.12. The van der Waals surface area contributed by atoms with Crippen molar-refractivity contribution in [3.05, 3.63) is 29.7 Å². The lowest BCUT2D eigenvalue weighted by Gasteiger charge is -2.06. The fourth-order valence-electron chi connectivity index (χ4n) is 2.22. The number of hydrogen-bond acceptors (Lipinski definition) is 2. The molecule has 3 heteroatoms. The van der Waals surface area contributed by atoms with Crippen LogP contribution >= 0.6 is 0 Å². The van der Waals surface area contributed by atoms with E-state index in [0.717, 1.165) is 18.5 Å². The van der Waals surface area contributed by atoms with Crippen molar-refractivity contribution in [3.8, 4) is 0 Å². The molecule has 1 aliphatic carbocycles. The van der Waals surface area contributed by atoms with Crippen molar-refractivity contribution in [3.63, 3.8) is 0 Å². The van der Waals surface area contributed by atoms with Crippen LogP contribution in [-0.4, -0.2) is 14.6 Å². The van der Waals surface area contributed by atoms with Gasteiger partial charge in [-0.2, -0.15) is 5.10 Å². The minimum Gasteiger partial charge on any atom is -0.237 e. The fourth-order valence-corrected chi connectivity index (χ4v) is 2.22. The summed E-state index contributed by atoms with van der Waals surface area (Å²) in [4.78, 5) is 4.40. The number of fused-ring (bicyclic) bond motifs is 3. The van der Waals surface area contributed by atoms with Crippen LogP contribution in [0.25, 0.3) is 5.65 Å². The van der Waals surface area contributed by atoms with Crippen molar-refractivity contribution >= 4 is 5.65 Å². The van der Waals surface area contributed by atoms with Gasteiger partial charge < -0.3 is 0 Å². The first-order valence-corrected chi connectivity index (χ1v) is 5.26. The Morgan fingerprint density at radius 3 is 3.07 bits per heavy atom. The van der Waals surface area contributed by atoms with E-state index in [1.165, 1.54) is 30.5 Å². The lowest BCUT2D eigenvalue weighted by atomic mass is 10.1. The summed E-state index contributed by atoms with van der Waals surface area (Å²) in [6.45, 7) is 0. The van der Waals surface area contributed by atoms with Crippen LogP contribution in [0.4, 0.5) is 0 Å². The van der Waals surface area contributed by atoms with Gasteiger partial charge in [0, 0.05) is 18.0 Å². The summed E-state index contributed by atoms with van der Waals surface area (Å²) < 4.78 is 2.00. The quantitative estimate of drug-likeness (QED) is 0.590. The van der Waals surface area contributed by atoms with Crippen molar-refractivity contribution < 1.29 is 0 Å². The van der Waals surface area contributed by atoms with Crippen LogP contribution in [0.2, 0.25) is 0 Å². The molecule has 0 atom stereocenters. The molecule has 0 aliphatic heterocycles. The highest BCUT2D eigenvalue weighted by Crippen LogP contribution is 2.20. The number of aryl methyl sites for hydroxylation is 2. The van der Waals surface area contributed by atoms with Crippen molar-refractivity contribution in [2.75, 3.05) is 0 Å². The summed E-state index contributed by atoms with van der Waals surface area (Å²) in [5, 5.41) is 4.33. The van der Waals surface area contributed by atoms with Gasteiger partial charge >= 0.3 is 0 Å². The molecule has 0 radical (unpaired) electrons. The maximum Gasteiger partial charge on any atom is 0.155 e. The standard InChI is InChI=1S/C11H13N3/c1-2-4-9-8-12-11-6-7-13-14(11)10(9)5-3-1/h6-8H,1-5H2. The number of rotatable bonds is 0. The maximum atomic E-state index is 4.40. The molecule has 0 amide bonds. The van der Waals surface area contributed by atoms with Crippen molar-refractivity contribution in [2.45, 2.75) is 32.1 Å². The fraction of sp³-hybridized carbons (Fsp3) is 0.455. The van der Waals surface area contributed by atoms with E-state index < -0.39 is 0 Å². The summed E-state index contributed by atoms with van der Waals surface area (Å²) in [6.07, 6.45) is 10.1. The van der Waals surface area contributed by atoms with E-state index in [1.54, 1.807) is 0 Å². The molecular weight excluding hydrogens is 174 g/mol. The molecule has 0 N–H and O–H groups in total. The maximum absolute atomic E-state index is 4.40. The van der Waals surface area contributed by atoms with Gasteiger partial charge in [-0.05, 0) is 31.2 Å². The first-order chi connectivity index (χ1) is 6.95. The van der Waals surface area contributed by atoms with Gasteiger partial charge in [0.15, 0.2) is 5.65 Å². The molecule has 0 saturated carbocycles. The lowest BCUT2D eigenvalue weighted by Crippen LogP contribution is -2.03. The van der Waals surface area contributed by atoms with E-state index in [1.807, 2.05) is 23.0 Å². The van der Waals surface area contributed by atoms with E-state index in [-0.39, 0.29) is 0 Å². The van der Waals surface area contributed by atoms with Gasteiger partial charge in [-0.15, -0.1) is 0 Å². The summed E-state index contributed by atoms with van der Waals surface area (Å²) in [7, 11) is 0. The third-order valence-corrected chi connectivity index (χ3v) is 2.96. The van der Waals surface area contributed by atoms with Crippen LogP contribution in [0.3, 0.4) is 0 Å². The molecule has 0 saturated heterocycles. The Morgan fingerprint density at radius 1 is 1.14 bits per heavy atom. The van der Waals surface area contributed by atoms with Gasteiger partial charge in [-0.1, -0.05) is 6.42 Å². The highest BCUT2D eigenvalue weighted by molar-refractivity contribution is 5.39. The highest BCUT2D eigenvalue weighted by Gasteiger charge is 2.11. The second kappa shape index (κ2) is 3.08. The van der Waals surface area contributed by atoms with Crippen LogP contribution < -0.4 is 0 Å². The molecule has 3 rings (SSSR count). The zero-order chi connectivity index (χ0) is 9.38. The largest absolute Gasteiger partial charge is 0.237 e. The lowest BCUT2D eigenvalue weighted by molar-refractivity contribution is 0.702. The van der Waals surface area contributed by atoms with Crippen molar-refractivity contribution in [1.82, 2.24) is 14.6 Å². The second-order valence-corrected chi connectivity index (χ2v) is 3.89. The zero-order valence-corrected chi connectivity index (χ0v) is 8.11.